The first-order chi connectivity index (χ1) is 7.22. The Kier molecular flexibility index (Phi) is 8.61. The minimum Gasteiger partial charge on any atom is -0.393 e. The van der Waals surface area contributed by atoms with E-state index in [1.54, 1.807) is 0 Å². The molecule has 0 radical (unpaired) electrons. The Bertz CT molecular complexity index is 196. The van der Waals surface area contributed by atoms with E-state index in [-0.39, 0.29) is 24.4 Å². The zero-order valence-corrected chi connectivity index (χ0v) is 10.7. The summed E-state index contributed by atoms with van der Waals surface area (Å²) in [7, 11) is 0. The Morgan fingerprint density at radius 1 is 1.62 bits per heavy atom. The van der Waals surface area contributed by atoms with Crippen LogP contribution in [-0.4, -0.2) is 36.2 Å². The van der Waals surface area contributed by atoms with Crippen LogP contribution in [0.5, 0.6) is 0 Å². The van der Waals surface area contributed by atoms with E-state index >= 15 is 0 Å². The van der Waals surface area contributed by atoms with Gasteiger partial charge in [0.2, 0.25) is 5.91 Å². The van der Waals surface area contributed by atoms with E-state index in [0.29, 0.717) is 25.4 Å². The largest absolute Gasteiger partial charge is 0.393 e. The quantitative estimate of drug-likeness (QED) is 0.654. The molecule has 1 saturated heterocycles. The normalized spacial score (nSPS) is 21.2. The number of halogens is 1. The molecule has 4 nitrogen and oxygen atoms in total. The van der Waals surface area contributed by atoms with Gasteiger partial charge in [0.05, 0.1) is 6.10 Å². The lowest BCUT2D eigenvalue weighted by Crippen LogP contribution is -2.33. The Morgan fingerprint density at radius 2 is 2.38 bits per heavy atom. The molecule has 0 bridgehead atoms. The second-order valence-electron chi connectivity index (χ2n) is 4.20. The summed E-state index contributed by atoms with van der Waals surface area (Å²) in [4.78, 5) is 11.4. The molecule has 3 N–H and O–H groups in total. The van der Waals surface area contributed by atoms with Gasteiger partial charge in [-0.15, -0.1) is 12.4 Å². The summed E-state index contributed by atoms with van der Waals surface area (Å²) in [6.07, 6.45) is 3.97. The van der Waals surface area contributed by atoms with E-state index in [4.69, 9.17) is 0 Å². The third-order valence-corrected chi connectivity index (χ3v) is 2.87. The number of aliphatic hydroxyl groups is 1. The molecule has 0 aromatic rings. The van der Waals surface area contributed by atoms with Crippen LogP contribution in [0, 0.1) is 0 Å². The molecule has 0 aliphatic carbocycles. The highest BCUT2D eigenvalue weighted by Crippen LogP contribution is 2.08. The summed E-state index contributed by atoms with van der Waals surface area (Å²) >= 11 is 0. The molecular weight excluding hydrogens is 228 g/mol. The molecule has 0 spiro atoms. The maximum atomic E-state index is 11.4. The Morgan fingerprint density at radius 3 is 2.94 bits per heavy atom. The second-order valence-corrected chi connectivity index (χ2v) is 4.20. The van der Waals surface area contributed by atoms with Crippen molar-refractivity contribution in [3.8, 4) is 0 Å². The van der Waals surface area contributed by atoms with Crippen molar-refractivity contribution in [1.82, 2.24) is 10.6 Å². The number of hydrogen-bond acceptors (Lipinski definition) is 3. The molecule has 2 atom stereocenters. The van der Waals surface area contributed by atoms with Gasteiger partial charge in [0.1, 0.15) is 0 Å². The summed E-state index contributed by atoms with van der Waals surface area (Å²) in [5.41, 5.74) is 0. The predicted octanol–water partition coefficient (Wildman–Crippen LogP) is 0.827. The van der Waals surface area contributed by atoms with Gasteiger partial charge in [-0.25, -0.2) is 0 Å². The lowest BCUT2D eigenvalue weighted by atomic mass is 10.1. The number of nitrogens with one attached hydrogen (secondary N) is 2. The summed E-state index contributed by atoms with van der Waals surface area (Å²) in [5.74, 6) is 0.0951. The fraction of sp³-hybridized carbons (Fsp3) is 0.909. The number of rotatable bonds is 6. The van der Waals surface area contributed by atoms with Crippen LogP contribution in [0.4, 0.5) is 0 Å². The molecule has 2 unspecified atom stereocenters. The average Bonchev–Trinajstić information content (AvgIpc) is 2.70. The first kappa shape index (κ1) is 15.7. The summed E-state index contributed by atoms with van der Waals surface area (Å²) in [6, 6.07) is 0.362. The van der Waals surface area contributed by atoms with Crippen molar-refractivity contribution in [1.29, 1.82) is 0 Å². The van der Waals surface area contributed by atoms with Gasteiger partial charge in [0.15, 0.2) is 0 Å². The Labute approximate surface area is 104 Å². The highest BCUT2D eigenvalue weighted by molar-refractivity contribution is 5.85. The molecule has 1 amide bonds. The zero-order chi connectivity index (χ0) is 11.1. The van der Waals surface area contributed by atoms with E-state index in [1.807, 2.05) is 6.92 Å². The van der Waals surface area contributed by atoms with Crippen LogP contribution < -0.4 is 10.6 Å². The number of carbonyl (C=O) groups excluding carboxylic acids is 1. The molecule has 1 fully saturated rings. The topological polar surface area (TPSA) is 61.4 Å². The van der Waals surface area contributed by atoms with Gasteiger partial charge >= 0.3 is 0 Å². The third-order valence-electron chi connectivity index (χ3n) is 2.87. The Balaban J connectivity index is 0.00000225. The van der Waals surface area contributed by atoms with Crippen molar-refractivity contribution >= 4 is 18.3 Å². The zero-order valence-electron chi connectivity index (χ0n) is 9.87. The molecule has 0 aromatic heterocycles. The molecule has 1 aliphatic heterocycles. The average molecular weight is 251 g/mol. The minimum atomic E-state index is -0.282. The summed E-state index contributed by atoms with van der Waals surface area (Å²) < 4.78 is 0. The molecular formula is C11H23ClN2O2. The third kappa shape index (κ3) is 6.30. The maximum absolute atomic E-state index is 11.4. The van der Waals surface area contributed by atoms with Gasteiger partial charge in [-0.2, -0.15) is 0 Å². The highest BCUT2D eigenvalue weighted by atomic mass is 35.5. The minimum absolute atomic E-state index is 0. The first-order valence-corrected chi connectivity index (χ1v) is 5.90. The molecule has 1 aliphatic rings. The SMILES string of the molecule is CCC(O)CCNC(=O)CC1CCCN1.Cl. The van der Waals surface area contributed by atoms with Crippen LogP contribution in [0.3, 0.4) is 0 Å². The molecule has 1 heterocycles. The van der Waals surface area contributed by atoms with E-state index in [0.717, 1.165) is 19.4 Å². The second kappa shape index (κ2) is 8.79. The Hall–Kier alpha value is -0.320. The predicted molar refractivity (Wildman–Crippen MR) is 66.8 cm³/mol. The van der Waals surface area contributed by atoms with Crippen LogP contribution in [0.2, 0.25) is 0 Å². The van der Waals surface area contributed by atoms with Gasteiger partial charge < -0.3 is 15.7 Å². The standard InChI is InChI=1S/C11H22N2O2.ClH/c1-2-10(14)5-7-13-11(15)8-9-4-3-6-12-9;/h9-10,12,14H,2-8H2,1H3,(H,13,15);1H. The van der Waals surface area contributed by atoms with Crippen LogP contribution in [0.25, 0.3) is 0 Å². The smallest absolute Gasteiger partial charge is 0.221 e. The molecule has 0 aromatic carbocycles. The number of hydrogen-bond donors (Lipinski definition) is 3. The van der Waals surface area contributed by atoms with Crippen molar-refractivity contribution in [2.24, 2.45) is 0 Å². The molecule has 5 heteroatoms. The summed E-state index contributed by atoms with van der Waals surface area (Å²) in [6.45, 7) is 3.56. The van der Waals surface area contributed by atoms with Crippen molar-refractivity contribution in [3.63, 3.8) is 0 Å². The fourth-order valence-electron chi connectivity index (χ4n) is 1.81. The van der Waals surface area contributed by atoms with E-state index in [2.05, 4.69) is 10.6 Å². The van der Waals surface area contributed by atoms with Crippen molar-refractivity contribution in [3.05, 3.63) is 0 Å². The van der Waals surface area contributed by atoms with Crippen molar-refractivity contribution in [2.75, 3.05) is 13.1 Å². The van der Waals surface area contributed by atoms with Gasteiger partial charge in [0.25, 0.3) is 0 Å². The van der Waals surface area contributed by atoms with Crippen LogP contribution in [0.1, 0.15) is 39.0 Å². The van der Waals surface area contributed by atoms with Gasteiger partial charge in [-0.05, 0) is 32.2 Å². The van der Waals surface area contributed by atoms with Crippen molar-refractivity contribution in [2.45, 2.75) is 51.2 Å². The molecule has 96 valence electrons. The molecule has 0 saturated carbocycles. The fourth-order valence-corrected chi connectivity index (χ4v) is 1.81. The van der Waals surface area contributed by atoms with E-state index in [1.165, 1.54) is 6.42 Å². The first-order valence-electron chi connectivity index (χ1n) is 5.90. The number of amides is 1. The van der Waals surface area contributed by atoms with E-state index in [9.17, 15) is 9.90 Å². The summed E-state index contributed by atoms with van der Waals surface area (Å²) in [5, 5.41) is 15.4. The van der Waals surface area contributed by atoms with Crippen LogP contribution in [0.15, 0.2) is 0 Å². The lowest BCUT2D eigenvalue weighted by Gasteiger charge is -2.11. The highest BCUT2D eigenvalue weighted by Gasteiger charge is 2.17. The molecule has 16 heavy (non-hydrogen) atoms. The maximum Gasteiger partial charge on any atom is 0.221 e. The van der Waals surface area contributed by atoms with E-state index < -0.39 is 0 Å². The van der Waals surface area contributed by atoms with Crippen molar-refractivity contribution < 1.29 is 9.90 Å². The lowest BCUT2D eigenvalue weighted by molar-refractivity contribution is -0.121. The van der Waals surface area contributed by atoms with Gasteiger partial charge in [-0.3, -0.25) is 4.79 Å². The monoisotopic (exact) mass is 250 g/mol. The number of aliphatic hydroxyl groups excluding tert-OH is 1. The van der Waals surface area contributed by atoms with Gasteiger partial charge in [0, 0.05) is 19.0 Å². The van der Waals surface area contributed by atoms with Crippen LogP contribution >= 0.6 is 12.4 Å². The number of carbonyl (C=O) groups is 1. The molecule has 1 rings (SSSR count). The van der Waals surface area contributed by atoms with Gasteiger partial charge in [-0.1, -0.05) is 6.92 Å². The van der Waals surface area contributed by atoms with Crippen LogP contribution in [-0.2, 0) is 4.79 Å².